The van der Waals surface area contributed by atoms with Crippen molar-refractivity contribution in [3.8, 4) is 0 Å². The molecule has 0 heterocycles. The summed E-state index contributed by atoms with van der Waals surface area (Å²) in [5.74, 6) is 1.86. The third-order valence-electron chi connectivity index (χ3n) is 3.56. The second-order valence-electron chi connectivity index (χ2n) is 4.34. The maximum atomic E-state index is 6.16. The normalized spacial score (nSPS) is 53.4. The van der Waals surface area contributed by atoms with E-state index < -0.39 is 0 Å². The van der Waals surface area contributed by atoms with Crippen molar-refractivity contribution in [1.82, 2.24) is 0 Å². The van der Waals surface area contributed by atoms with Gasteiger partial charge in [0.15, 0.2) is 0 Å². The van der Waals surface area contributed by atoms with Crippen molar-refractivity contribution in [2.45, 2.75) is 44.6 Å². The Hall–Kier alpha value is -0.0400. The third kappa shape index (κ3) is 0.800. The standard InChI is InChI=1S/C9H17N/c1-9(10)6-5-7-3-2-4-8(7)9/h7-8H,2-6,10H2,1H3. The van der Waals surface area contributed by atoms with Gasteiger partial charge in [-0.3, -0.25) is 0 Å². The predicted octanol–water partition coefficient (Wildman–Crippen LogP) is 1.91. The summed E-state index contributed by atoms with van der Waals surface area (Å²) in [6.07, 6.45) is 6.96. The first kappa shape index (κ1) is 6.66. The lowest BCUT2D eigenvalue weighted by Crippen LogP contribution is -2.40. The number of rotatable bonds is 0. The zero-order chi connectivity index (χ0) is 7.19. The van der Waals surface area contributed by atoms with Crippen LogP contribution in [0.4, 0.5) is 0 Å². The van der Waals surface area contributed by atoms with Gasteiger partial charge < -0.3 is 5.73 Å². The molecule has 1 heteroatoms. The molecule has 2 fully saturated rings. The van der Waals surface area contributed by atoms with Gasteiger partial charge in [0, 0.05) is 5.54 Å². The zero-order valence-corrected chi connectivity index (χ0v) is 6.77. The Morgan fingerprint density at radius 2 is 2.10 bits per heavy atom. The van der Waals surface area contributed by atoms with E-state index in [1.54, 1.807) is 0 Å². The van der Waals surface area contributed by atoms with E-state index in [0.29, 0.717) is 0 Å². The van der Waals surface area contributed by atoms with Crippen LogP contribution in [0.5, 0.6) is 0 Å². The zero-order valence-electron chi connectivity index (χ0n) is 6.77. The second-order valence-corrected chi connectivity index (χ2v) is 4.34. The first-order valence-corrected chi connectivity index (χ1v) is 4.49. The van der Waals surface area contributed by atoms with Gasteiger partial charge in [0.25, 0.3) is 0 Å². The van der Waals surface area contributed by atoms with E-state index in [-0.39, 0.29) is 5.54 Å². The Bertz CT molecular complexity index is 140. The lowest BCUT2D eigenvalue weighted by atomic mass is 9.87. The number of nitrogens with two attached hydrogens (primary N) is 1. The van der Waals surface area contributed by atoms with Gasteiger partial charge in [-0.25, -0.2) is 0 Å². The van der Waals surface area contributed by atoms with Gasteiger partial charge in [0.1, 0.15) is 0 Å². The molecule has 3 unspecified atom stereocenters. The molecule has 0 spiro atoms. The van der Waals surface area contributed by atoms with Crippen LogP contribution in [0.15, 0.2) is 0 Å². The van der Waals surface area contributed by atoms with Crippen LogP contribution in [0.2, 0.25) is 0 Å². The summed E-state index contributed by atoms with van der Waals surface area (Å²) < 4.78 is 0. The van der Waals surface area contributed by atoms with Crippen molar-refractivity contribution in [1.29, 1.82) is 0 Å². The molecule has 2 aliphatic carbocycles. The molecule has 58 valence electrons. The van der Waals surface area contributed by atoms with E-state index in [0.717, 1.165) is 11.8 Å². The summed E-state index contributed by atoms with van der Waals surface area (Å²) in [4.78, 5) is 0. The summed E-state index contributed by atoms with van der Waals surface area (Å²) in [6.45, 7) is 2.24. The van der Waals surface area contributed by atoms with Gasteiger partial charge in [-0.2, -0.15) is 0 Å². The largest absolute Gasteiger partial charge is 0.325 e. The highest BCUT2D eigenvalue weighted by molar-refractivity contribution is 5.00. The molecule has 0 aromatic rings. The van der Waals surface area contributed by atoms with E-state index in [1.165, 1.54) is 32.1 Å². The minimum atomic E-state index is 0.196. The molecule has 0 saturated heterocycles. The fraction of sp³-hybridized carbons (Fsp3) is 1.00. The summed E-state index contributed by atoms with van der Waals surface area (Å²) in [5.41, 5.74) is 6.36. The SMILES string of the molecule is CC1(N)CCC2CCCC21. The number of hydrogen-bond donors (Lipinski definition) is 1. The van der Waals surface area contributed by atoms with Crippen LogP contribution in [0.1, 0.15) is 39.0 Å². The predicted molar refractivity (Wildman–Crippen MR) is 42.7 cm³/mol. The van der Waals surface area contributed by atoms with Crippen molar-refractivity contribution in [2.75, 3.05) is 0 Å². The fourth-order valence-electron chi connectivity index (χ4n) is 2.93. The number of hydrogen-bond acceptors (Lipinski definition) is 1. The van der Waals surface area contributed by atoms with E-state index in [2.05, 4.69) is 6.92 Å². The van der Waals surface area contributed by atoms with Gasteiger partial charge in [-0.05, 0) is 38.0 Å². The third-order valence-corrected chi connectivity index (χ3v) is 3.56. The van der Waals surface area contributed by atoms with E-state index >= 15 is 0 Å². The Morgan fingerprint density at radius 1 is 1.30 bits per heavy atom. The molecule has 2 N–H and O–H groups in total. The van der Waals surface area contributed by atoms with Gasteiger partial charge in [0.05, 0.1) is 0 Å². The average molecular weight is 139 g/mol. The minimum Gasteiger partial charge on any atom is -0.325 e. The second kappa shape index (κ2) is 1.97. The van der Waals surface area contributed by atoms with Crippen LogP contribution in [-0.4, -0.2) is 5.54 Å². The smallest absolute Gasteiger partial charge is 0.0157 e. The van der Waals surface area contributed by atoms with Crippen LogP contribution < -0.4 is 5.73 Å². The lowest BCUT2D eigenvalue weighted by Gasteiger charge is -2.25. The average Bonchev–Trinajstić information content (AvgIpc) is 2.36. The topological polar surface area (TPSA) is 26.0 Å². The number of fused-ring (bicyclic) bond motifs is 1. The molecule has 0 radical (unpaired) electrons. The molecule has 3 atom stereocenters. The molecule has 0 aromatic heterocycles. The Balaban J connectivity index is 2.16. The van der Waals surface area contributed by atoms with Crippen LogP contribution in [0.25, 0.3) is 0 Å². The van der Waals surface area contributed by atoms with E-state index in [4.69, 9.17) is 5.73 Å². The lowest BCUT2D eigenvalue weighted by molar-refractivity contribution is 0.319. The molecule has 2 rings (SSSR count). The first-order valence-electron chi connectivity index (χ1n) is 4.49. The highest BCUT2D eigenvalue weighted by atomic mass is 14.8. The summed E-state index contributed by atoms with van der Waals surface area (Å²) in [6, 6.07) is 0. The van der Waals surface area contributed by atoms with Crippen molar-refractivity contribution >= 4 is 0 Å². The molecular formula is C9H17N. The molecule has 0 bridgehead atoms. The molecular weight excluding hydrogens is 122 g/mol. The summed E-state index contributed by atoms with van der Waals surface area (Å²) in [7, 11) is 0. The van der Waals surface area contributed by atoms with Gasteiger partial charge in [-0.15, -0.1) is 0 Å². The fourth-order valence-corrected chi connectivity index (χ4v) is 2.93. The molecule has 10 heavy (non-hydrogen) atoms. The molecule has 0 amide bonds. The molecule has 0 aliphatic heterocycles. The molecule has 0 aromatic carbocycles. The van der Waals surface area contributed by atoms with Crippen molar-refractivity contribution < 1.29 is 0 Å². The van der Waals surface area contributed by atoms with Gasteiger partial charge in [-0.1, -0.05) is 12.8 Å². The van der Waals surface area contributed by atoms with Crippen LogP contribution in [0, 0.1) is 11.8 Å². The maximum Gasteiger partial charge on any atom is 0.0157 e. The summed E-state index contributed by atoms with van der Waals surface area (Å²) >= 11 is 0. The van der Waals surface area contributed by atoms with Gasteiger partial charge >= 0.3 is 0 Å². The molecule has 2 aliphatic rings. The maximum absolute atomic E-state index is 6.16. The molecule has 2 saturated carbocycles. The van der Waals surface area contributed by atoms with Crippen molar-refractivity contribution in [2.24, 2.45) is 17.6 Å². The van der Waals surface area contributed by atoms with Crippen LogP contribution in [-0.2, 0) is 0 Å². The van der Waals surface area contributed by atoms with E-state index in [1.807, 2.05) is 0 Å². The van der Waals surface area contributed by atoms with Crippen LogP contribution >= 0.6 is 0 Å². The Labute approximate surface area is 63.0 Å². The van der Waals surface area contributed by atoms with Gasteiger partial charge in [0.2, 0.25) is 0 Å². The quantitative estimate of drug-likeness (QED) is 0.545. The van der Waals surface area contributed by atoms with E-state index in [9.17, 15) is 0 Å². The molecule has 1 nitrogen and oxygen atoms in total. The summed E-state index contributed by atoms with van der Waals surface area (Å²) in [5, 5.41) is 0. The Kier molecular flexibility index (Phi) is 1.31. The first-order chi connectivity index (χ1) is 4.70. The van der Waals surface area contributed by atoms with Crippen LogP contribution in [0.3, 0.4) is 0 Å². The Morgan fingerprint density at radius 3 is 2.80 bits per heavy atom. The highest BCUT2D eigenvalue weighted by Crippen LogP contribution is 2.48. The van der Waals surface area contributed by atoms with Crippen molar-refractivity contribution in [3.63, 3.8) is 0 Å². The monoisotopic (exact) mass is 139 g/mol. The van der Waals surface area contributed by atoms with Crippen molar-refractivity contribution in [3.05, 3.63) is 0 Å². The minimum absolute atomic E-state index is 0.196. The highest BCUT2D eigenvalue weighted by Gasteiger charge is 2.44.